The molecule has 0 spiro atoms. The fourth-order valence-electron chi connectivity index (χ4n) is 4.89. The average Bonchev–Trinajstić information content (AvgIpc) is 3.61. The maximum absolute atomic E-state index is 13.3. The number of amides is 1. The van der Waals surface area contributed by atoms with Crippen molar-refractivity contribution in [2.75, 3.05) is 32.0 Å². The van der Waals surface area contributed by atoms with Crippen LogP contribution in [-0.2, 0) is 17.1 Å². The molecule has 1 unspecified atom stereocenters. The second-order valence-electron chi connectivity index (χ2n) is 10.0. The third kappa shape index (κ3) is 6.15. The first kappa shape index (κ1) is 28.9. The monoisotopic (exact) mass is 592 g/mol. The highest BCUT2D eigenvalue weighted by atomic mass is 32.2. The Bertz CT molecular complexity index is 1700. The van der Waals surface area contributed by atoms with Gasteiger partial charge in [-0.1, -0.05) is 18.2 Å². The molecule has 2 aromatic carbocycles. The minimum absolute atomic E-state index is 0.0207. The van der Waals surface area contributed by atoms with Crippen molar-refractivity contribution >= 4 is 21.9 Å². The Labute approximate surface area is 244 Å². The Balaban J connectivity index is 1.42. The average molecular weight is 593 g/mol. The van der Waals surface area contributed by atoms with E-state index >= 15 is 0 Å². The SMILES string of the molecule is COc1cc(OC)cc(C(=O)N2CCC(Oc3cc(-c4c(C)cccc4C)nc(NS(=O)(=O)c4cnn(C)c4)n3)C2)c1. The number of likely N-dealkylation sites (tertiary alicyclic amines) is 1. The van der Waals surface area contributed by atoms with E-state index < -0.39 is 10.0 Å². The van der Waals surface area contributed by atoms with Gasteiger partial charge in [-0.25, -0.2) is 18.1 Å². The van der Waals surface area contributed by atoms with Crippen LogP contribution in [0.25, 0.3) is 11.3 Å². The summed E-state index contributed by atoms with van der Waals surface area (Å²) in [5.74, 6) is 0.913. The molecular weight excluding hydrogens is 560 g/mol. The second kappa shape index (κ2) is 11.7. The maximum Gasteiger partial charge on any atom is 0.267 e. The summed E-state index contributed by atoms with van der Waals surface area (Å²) in [5, 5.41) is 3.95. The summed E-state index contributed by atoms with van der Waals surface area (Å²) in [6, 6.07) is 12.6. The molecule has 1 amide bonds. The molecule has 1 aliphatic heterocycles. The number of carbonyl (C=O) groups excluding carboxylic acids is 1. The number of hydrogen-bond donors (Lipinski definition) is 1. The highest BCUT2D eigenvalue weighted by molar-refractivity contribution is 7.92. The van der Waals surface area contributed by atoms with Gasteiger partial charge in [0.25, 0.3) is 15.9 Å². The van der Waals surface area contributed by atoms with Gasteiger partial charge in [-0.05, 0) is 37.1 Å². The molecule has 1 atom stereocenters. The number of methoxy groups -OCH3 is 2. The second-order valence-corrected chi connectivity index (χ2v) is 11.7. The molecule has 12 nitrogen and oxygen atoms in total. The van der Waals surface area contributed by atoms with Gasteiger partial charge in [-0.15, -0.1) is 0 Å². The fourth-order valence-corrected chi connectivity index (χ4v) is 5.81. The normalized spacial score (nSPS) is 15.0. The fraction of sp³-hybridized carbons (Fsp3) is 0.310. The van der Waals surface area contributed by atoms with Crippen molar-refractivity contribution in [3.05, 3.63) is 71.5 Å². The van der Waals surface area contributed by atoms with Crippen molar-refractivity contribution in [3.8, 4) is 28.6 Å². The molecule has 2 aromatic heterocycles. The zero-order valence-corrected chi connectivity index (χ0v) is 24.8. The minimum atomic E-state index is -4.01. The quantitative estimate of drug-likeness (QED) is 0.309. The molecule has 1 saturated heterocycles. The van der Waals surface area contributed by atoms with Crippen LogP contribution in [0.3, 0.4) is 0 Å². The van der Waals surface area contributed by atoms with Crippen LogP contribution in [-0.4, -0.2) is 72.4 Å². The molecule has 5 rings (SSSR count). The highest BCUT2D eigenvalue weighted by Crippen LogP contribution is 2.31. The molecule has 0 radical (unpaired) electrons. The smallest absolute Gasteiger partial charge is 0.267 e. The third-order valence-electron chi connectivity index (χ3n) is 6.98. The van der Waals surface area contributed by atoms with Gasteiger partial charge in [-0.3, -0.25) is 9.48 Å². The van der Waals surface area contributed by atoms with E-state index in [1.54, 1.807) is 36.2 Å². The van der Waals surface area contributed by atoms with E-state index in [1.165, 1.54) is 31.3 Å². The van der Waals surface area contributed by atoms with Crippen molar-refractivity contribution in [1.82, 2.24) is 24.6 Å². The van der Waals surface area contributed by atoms with Gasteiger partial charge in [0.15, 0.2) is 0 Å². The van der Waals surface area contributed by atoms with Crippen molar-refractivity contribution < 1.29 is 27.4 Å². The van der Waals surface area contributed by atoms with Crippen LogP contribution < -0.4 is 18.9 Å². The van der Waals surface area contributed by atoms with E-state index in [0.717, 1.165) is 16.7 Å². The van der Waals surface area contributed by atoms with Gasteiger partial charge >= 0.3 is 0 Å². The summed E-state index contributed by atoms with van der Waals surface area (Å²) in [4.78, 5) is 23.9. The minimum Gasteiger partial charge on any atom is -0.497 e. The zero-order valence-electron chi connectivity index (χ0n) is 24.0. The molecule has 0 bridgehead atoms. The van der Waals surface area contributed by atoms with E-state index in [2.05, 4.69) is 19.8 Å². The number of anilines is 1. The molecule has 1 fully saturated rings. The maximum atomic E-state index is 13.3. The van der Waals surface area contributed by atoms with Crippen LogP contribution in [0.2, 0.25) is 0 Å². The van der Waals surface area contributed by atoms with Crippen molar-refractivity contribution in [1.29, 1.82) is 0 Å². The van der Waals surface area contributed by atoms with Crippen molar-refractivity contribution in [2.45, 2.75) is 31.3 Å². The standard InChI is InChI=1S/C29H32N6O6S/c1-18-7-6-8-19(2)27(18)25-14-26(32-29(31-25)33-42(37,38)24-15-30-34(3)17-24)41-21-9-10-35(16-21)28(36)20-11-22(39-4)13-23(12-20)40-5/h6-8,11-15,17,21H,9-10,16H2,1-5H3,(H,31,32,33). The van der Waals surface area contributed by atoms with Crippen molar-refractivity contribution in [2.24, 2.45) is 7.05 Å². The summed E-state index contributed by atoms with van der Waals surface area (Å²) >= 11 is 0. The summed E-state index contributed by atoms with van der Waals surface area (Å²) < 4.78 is 46.8. The Hall–Kier alpha value is -4.65. The first-order chi connectivity index (χ1) is 20.1. The van der Waals surface area contributed by atoms with E-state index in [9.17, 15) is 13.2 Å². The number of benzene rings is 2. The predicted molar refractivity (Wildman–Crippen MR) is 155 cm³/mol. The highest BCUT2D eigenvalue weighted by Gasteiger charge is 2.30. The lowest BCUT2D eigenvalue weighted by atomic mass is 10.00. The van der Waals surface area contributed by atoms with Gasteiger partial charge in [0.1, 0.15) is 22.5 Å². The molecule has 13 heteroatoms. The van der Waals surface area contributed by atoms with E-state index in [4.69, 9.17) is 14.2 Å². The lowest BCUT2D eigenvalue weighted by Crippen LogP contribution is -2.31. The summed E-state index contributed by atoms with van der Waals surface area (Å²) in [6.45, 7) is 4.70. The van der Waals surface area contributed by atoms with Crippen LogP contribution in [0.5, 0.6) is 17.4 Å². The van der Waals surface area contributed by atoms with Crippen LogP contribution in [0.1, 0.15) is 27.9 Å². The first-order valence-corrected chi connectivity index (χ1v) is 14.7. The summed E-state index contributed by atoms with van der Waals surface area (Å²) in [6.07, 6.45) is 2.82. The van der Waals surface area contributed by atoms with Crippen LogP contribution in [0.4, 0.5) is 5.95 Å². The van der Waals surface area contributed by atoms with Gasteiger partial charge in [0.2, 0.25) is 11.8 Å². The largest absolute Gasteiger partial charge is 0.497 e. The Morgan fingerprint density at radius 3 is 2.33 bits per heavy atom. The molecule has 0 saturated carbocycles. The number of nitrogens with one attached hydrogen (secondary N) is 1. The van der Waals surface area contributed by atoms with Crippen LogP contribution >= 0.6 is 0 Å². The van der Waals surface area contributed by atoms with E-state index in [0.29, 0.717) is 42.3 Å². The Morgan fingerprint density at radius 1 is 1.02 bits per heavy atom. The van der Waals surface area contributed by atoms with Gasteiger partial charge in [0.05, 0.1) is 32.7 Å². The van der Waals surface area contributed by atoms with Crippen LogP contribution in [0.15, 0.2) is 59.8 Å². The molecule has 42 heavy (non-hydrogen) atoms. The lowest BCUT2D eigenvalue weighted by molar-refractivity contribution is 0.0770. The topological polar surface area (TPSA) is 138 Å². The summed E-state index contributed by atoms with van der Waals surface area (Å²) in [7, 11) is 0.683. The molecular formula is C29H32N6O6S. The van der Waals surface area contributed by atoms with Crippen molar-refractivity contribution in [3.63, 3.8) is 0 Å². The predicted octanol–water partition coefficient (Wildman–Crippen LogP) is 3.61. The summed E-state index contributed by atoms with van der Waals surface area (Å²) in [5.41, 5.74) is 3.73. The number of rotatable bonds is 9. The number of sulfonamides is 1. The molecule has 1 aliphatic rings. The molecule has 1 N–H and O–H groups in total. The van der Waals surface area contributed by atoms with Gasteiger partial charge in [-0.2, -0.15) is 10.1 Å². The van der Waals surface area contributed by atoms with Gasteiger partial charge in [0, 0.05) is 49.5 Å². The van der Waals surface area contributed by atoms with Crippen LogP contribution in [0, 0.1) is 13.8 Å². The number of nitrogens with zero attached hydrogens (tertiary/aromatic N) is 5. The first-order valence-electron chi connectivity index (χ1n) is 13.2. The Morgan fingerprint density at radius 2 is 1.71 bits per heavy atom. The molecule has 220 valence electrons. The number of aromatic nitrogens is 4. The molecule has 0 aliphatic carbocycles. The van der Waals surface area contributed by atoms with Gasteiger partial charge < -0.3 is 19.1 Å². The lowest BCUT2D eigenvalue weighted by Gasteiger charge is -2.19. The molecule has 3 heterocycles. The number of hydrogen-bond acceptors (Lipinski definition) is 9. The molecule has 4 aromatic rings. The van der Waals surface area contributed by atoms with E-state index in [1.807, 2.05) is 32.0 Å². The third-order valence-corrected chi connectivity index (χ3v) is 8.26. The number of carbonyl (C=O) groups is 1. The Kier molecular flexibility index (Phi) is 8.03. The number of aryl methyl sites for hydroxylation is 3. The van der Waals surface area contributed by atoms with E-state index in [-0.39, 0.29) is 28.7 Å². The number of ether oxygens (including phenoxy) is 3. The zero-order chi connectivity index (χ0) is 30.0.